The highest BCUT2D eigenvalue weighted by atomic mass is 35.5. The lowest BCUT2D eigenvalue weighted by Gasteiger charge is -2.12. The molecule has 26 heavy (non-hydrogen) atoms. The molecule has 1 aliphatic heterocycles. The fourth-order valence-corrected chi connectivity index (χ4v) is 2.39. The van der Waals surface area contributed by atoms with Crippen molar-refractivity contribution in [2.24, 2.45) is 0 Å². The molecule has 2 aromatic carbocycles. The first-order valence-electron chi connectivity index (χ1n) is 7.13. The van der Waals surface area contributed by atoms with Crippen molar-refractivity contribution in [1.82, 2.24) is 0 Å². The van der Waals surface area contributed by atoms with E-state index in [4.69, 9.17) is 21.1 Å². The van der Waals surface area contributed by atoms with Crippen LogP contribution in [0.2, 0.25) is 5.02 Å². The van der Waals surface area contributed by atoms with Crippen LogP contribution in [0.4, 0.5) is 24.5 Å². The van der Waals surface area contributed by atoms with Gasteiger partial charge >= 0.3 is 18.0 Å². The van der Waals surface area contributed by atoms with Crippen LogP contribution in [0.3, 0.4) is 0 Å². The summed E-state index contributed by atoms with van der Waals surface area (Å²) in [6.07, 6.45) is -4.69. The molecular formula is C16H10ClF3N2O4. The Hall–Kier alpha value is -2.94. The average Bonchev–Trinajstić information content (AvgIpc) is 3.03. The normalized spacial score (nSPS) is 12.6. The molecule has 0 spiro atoms. The summed E-state index contributed by atoms with van der Waals surface area (Å²) in [5.74, 6) is -1.31. The Bertz CT molecular complexity index is 886. The number of carbonyl (C=O) groups is 2. The molecule has 6 nitrogen and oxygen atoms in total. The fraction of sp³-hybridized carbons (Fsp3) is 0.125. The maximum atomic E-state index is 12.8. The molecule has 0 aromatic heterocycles. The molecule has 0 atom stereocenters. The van der Waals surface area contributed by atoms with Crippen molar-refractivity contribution < 1.29 is 32.2 Å². The van der Waals surface area contributed by atoms with Crippen LogP contribution in [0.5, 0.6) is 11.5 Å². The third-order valence-corrected chi connectivity index (χ3v) is 3.70. The Labute approximate surface area is 149 Å². The van der Waals surface area contributed by atoms with E-state index < -0.39 is 28.6 Å². The number of carbonyl (C=O) groups excluding carboxylic acids is 2. The molecule has 0 bridgehead atoms. The van der Waals surface area contributed by atoms with Gasteiger partial charge in [0.05, 0.1) is 10.6 Å². The zero-order valence-electron chi connectivity index (χ0n) is 12.8. The van der Waals surface area contributed by atoms with Crippen LogP contribution >= 0.6 is 11.6 Å². The third-order valence-electron chi connectivity index (χ3n) is 3.37. The second kappa shape index (κ2) is 6.75. The first-order chi connectivity index (χ1) is 12.2. The van der Waals surface area contributed by atoms with Crippen LogP contribution in [0.1, 0.15) is 5.56 Å². The number of anilines is 2. The number of alkyl halides is 3. The van der Waals surface area contributed by atoms with Gasteiger partial charge in [0.25, 0.3) is 0 Å². The highest BCUT2D eigenvalue weighted by Crippen LogP contribution is 2.36. The lowest BCUT2D eigenvalue weighted by molar-refractivity contribution is -0.137. The summed E-state index contributed by atoms with van der Waals surface area (Å²) >= 11 is 5.50. The van der Waals surface area contributed by atoms with Crippen molar-refractivity contribution in [3.05, 3.63) is 47.0 Å². The van der Waals surface area contributed by atoms with Gasteiger partial charge in [-0.2, -0.15) is 13.2 Å². The van der Waals surface area contributed by atoms with E-state index in [-0.39, 0.29) is 18.2 Å². The molecule has 10 heteroatoms. The smallest absolute Gasteiger partial charge is 0.417 e. The molecule has 2 N–H and O–H groups in total. The van der Waals surface area contributed by atoms with Crippen LogP contribution < -0.4 is 20.1 Å². The zero-order valence-corrected chi connectivity index (χ0v) is 13.6. The summed E-state index contributed by atoms with van der Waals surface area (Å²) in [6.45, 7) is 0.0469. The van der Waals surface area contributed by atoms with Crippen molar-refractivity contribution in [1.29, 1.82) is 0 Å². The monoisotopic (exact) mass is 386 g/mol. The van der Waals surface area contributed by atoms with Crippen LogP contribution in [-0.2, 0) is 15.8 Å². The van der Waals surface area contributed by atoms with Gasteiger partial charge in [0.1, 0.15) is 0 Å². The Morgan fingerprint density at radius 3 is 2.15 bits per heavy atom. The Balaban J connectivity index is 1.69. The molecular weight excluding hydrogens is 377 g/mol. The van der Waals surface area contributed by atoms with Crippen LogP contribution in [0.15, 0.2) is 36.4 Å². The largest absolute Gasteiger partial charge is 0.454 e. The van der Waals surface area contributed by atoms with E-state index in [2.05, 4.69) is 10.6 Å². The van der Waals surface area contributed by atoms with Gasteiger partial charge in [-0.25, -0.2) is 0 Å². The highest BCUT2D eigenvalue weighted by Gasteiger charge is 2.33. The minimum atomic E-state index is -4.69. The van der Waals surface area contributed by atoms with E-state index in [1.165, 1.54) is 12.1 Å². The number of rotatable bonds is 2. The zero-order chi connectivity index (χ0) is 18.9. The Kier molecular flexibility index (Phi) is 4.64. The highest BCUT2D eigenvalue weighted by molar-refractivity contribution is 6.43. The molecule has 3 rings (SSSR count). The van der Waals surface area contributed by atoms with Gasteiger partial charge in [0.2, 0.25) is 6.79 Å². The molecule has 1 aliphatic rings. The SMILES string of the molecule is O=C(Nc1ccc2c(c1)OCO2)C(=O)Nc1ccc(Cl)c(C(F)(F)F)c1. The number of benzene rings is 2. The quantitative estimate of drug-likeness (QED) is 0.772. The summed E-state index contributed by atoms with van der Waals surface area (Å²) in [7, 11) is 0. The van der Waals surface area contributed by atoms with E-state index >= 15 is 0 Å². The molecule has 2 amide bonds. The molecule has 0 unspecified atom stereocenters. The Morgan fingerprint density at radius 1 is 0.923 bits per heavy atom. The second-order valence-electron chi connectivity index (χ2n) is 5.17. The van der Waals surface area contributed by atoms with Gasteiger partial charge in [-0.1, -0.05) is 11.6 Å². The van der Waals surface area contributed by atoms with E-state index in [9.17, 15) is 22.8 Å². The van der Waals surface area contributed by atoms with Gasteiger partial charge in [0.15, 0.2) is 11.5 Å². The van der Waals surface area contributed by atoms with Crippen molar-refractivity contribution in [3.8, 4) is 11.5 Å². The molecule has 0 fully saturated rings. The second-order valence-corrected chi connectivity index (χ2v) is 5.58. The number of ether oxygens (including phenoxy) is 2. The van der Waals surface area contributed by atoms with Gasteiger partial charge < -0.3 is 20.1 Å². The molecule has 0 saturated heterocycles. The third kappa shape index (κ3) is 3.83. The maximum absolute atomic E-state index is 12.8. The molecule has 2 aromatic rings. The van der Waals surface area contributed by atoms with E-state index in [1.807, 2.05) is 0 Å². The maximum Gasteiger partial charge on any atom is 0.417 e. The van der Waals surface area contributed by atoms with Gasteiger partial charge in [-0.05, 0) is 30.3 Å². The average molecular weight is 387 g/mol. The van der Waals surface area contributed by atoms with Crippen molar-refractivity contribution >= 4 is 34.8 Å². The molecule has 0 aliphatic carbocycles. The van der Waals surface area contributed by atoms with Crippen LogP contribution in [-0.4, -0.2) is 18.6 Å². The number of hydrogen-bond acceptors (Lipinski definition) is 4. The molecule has 0 radical (unpaired) electrons. The first-order valence-corrected chi connectivity index (χ1v) is 7.50. The molecule has 0 saturated carbocycles. The minimum absolute atomic E-state index is 0.0469. The molecule has 136 valence electrons. The number of hydrogen-bond donors (Lipinski definition) is 2. The van der Waals surface area contributed by atoms with Gasteiger partial charge in [-0.3, -0.25) is 9.59 Å². The lowest BCUT2D eigenvalue weighted by atomic mass is 10.2. The van der Waals surface area contributed by atoms with E-state index in [0.717, 1.165) is 12.1 Å². The lowest BCUT2D eigenvalue weighted by Crippen LogP contribution is -2.29. The van der Waals surface area contributed by atoms with Crippen LogP contribution in [0.25, 0.3) is 0 Å². The van der Waals surface area contributed by atoms with Crippen molar-refractivity contribution in [2.45, 2.75) is 6.18 Å². The van der Waals surface area contributed by atoms with Gasteiger partial charge in [-0.15, -0.1) is 0 Å². The number of nitrogens with one attached hydrogen (secondary N) is 2. The minimum Gasteiger partial charge on any atom is -0.454 e. The summed E-state index contributed by atoms with van der Waals surface area (Å²) in [5.41, 5.74) is -1.07. The van der Waals surface area contributed by atoms with Crippen molar-refractivity contribution in [3.63, 3.8) is 0 Å². The predicted octanol–water partition coefficient (Wildman–Crippen LogP) is 3.66. The van der Waals surface area contributed by atoms with E-state index in [0.29, 0.717) is 17.6 Å². The summed E-state index contributed by atoms with van der Waals surface area (Å²) < 4.78 is 48.7. The summed E-state index contributed by atoms with van der Waals surface area (Å²) in [6, 6.07) is 7.28. The summed E-state index contributed by atoms with van der Waals surface area (Å²) in [5, 5.41) is 3.89. The molecule has 1 heterocycles. The van der Waals surface area contributed by atoms with Gasteiger partial charge in [0, 0.05) is 17.4 Å². The number of amides is 2. The standard InChI is InChI=1S/C16H10ClF3N2O4/c17-11-3-1-8(5-10(11)16(18,19)20)21-14(23)15(24)22-9-2-4-12-13(6-9)26-7-25-12/h1-6H,7H2,(H,21,23)(H,22,24). The number of fused-ring (bicyclic) bond motifs is 1. The topological polar surface area (TPSA) is 76.7 Å². The predicted molar refractivity (Wildman–Crippen MR) is 86.3 cm³/mol. The first kappa shape index (κ1) is 17.9. The Morgan fingerprint density at radius 2 is 1.50 bits per heavy atom. The summed E-state index contributed by atoms with van der Waals surface area (Å²) in [4.78, 5) is 23.8. The van der Waals surface area contributed by atoms with Crippen molar-refractivity contribution in [2.75, 3.05) is 17.4 Å². The fourth-order valence-electron chi connectivity index (χ4n) is 2.17. The van der Waals surface area contributed by atoms with E-state index in [1.54, 1.807) is 6.07 Å². The van der Waals surface area contributed by atoms with Crippen LogP contribution in [0, 0.1) is 0 Å². The number of halogens is 4.